The summed E-state index contributed by atoms with van der Waals surface area (Å²) in [6.45, 7) is 3.81. The smallest absolute Gasteiger partial charge is 0.248 e. The first-order valence-corrected chi connectivity index (χ1v) is 8.07. The summed E-state index contributed by atoms with van der Waals surface area (Å²) in [5.74, 6) is -0.136. The van der Waals surface area contributed by atoms with Crippen molar-refractivity contribution in [2.75, 3.05) is 10.6 Å². The Morgan fingerprint density at radius 2 is 2.00 bits per heavy atom. The molecule has 21 heavy (non-hydrogen) atoms. The lowest BCUT2D eigenvalue weighted by Crippen LogP contribution is -2.34. The fourth-order valence-electron chi connectivity index (χ4n) is 1.80. The Kier molecular flexibility index (Phi) is 5.45. The van der Waals surface area contributed by atoms with Crippen molar-refractivity contribution in [1.29, 1.82) is 0 Å². The minimum atomic E-state index is -0.385. The maximum atomic E-state index is 12.3. The van der Waals surface area contributed by atoms with Crippen molar-refractivity contribution < 1.29 is 4.79 Å². The molecule has 4 nitrogen and oxygen atoms in total. The monoisotopic (exact) mass is 343 g/mol. The highest BCUT2D eigenvalue weighted by atomic mass is 35.5. The molecular weight excluding hydrogens is 329 g/mol. The molecule has 2 rings (SSSR count). The Hall–Kier alpha value is -1.30. The molecule has 1 aromatic heterocycles. The largest absolute Gasteiger partial charge is 0.374 e. The van der Waals surface area contributed by atoms with Gasteiger partial charge in [0.1, 0.15) is 6.04 Å². The van der Waals surface area contributed by atoms with E-state index < -0.39 is 0 Å². The molecule has 112 valence electrons. The zero-order valence-corrected chi connectivity index (χ0v) is 13.9. The number of carbonyl (C=O) groups is 1. The van der Waals surface area contributed by atoms with Gasteiger partial charge in [-0.3, -0.25) is 4.79 Å². The van der Waals surface area contributed by atoms with Crippen LogP contribution in [0, 0.1) is 6.92 Å². The van der Waals surface area contributed by atoms with Crippen LogP contribution in [0.3, 0.4) is 0 Å². The van der Waals surface area contributed by atoms with Crippen molar-refractivity contribution in [3.63, 3.8) is 0 Å². The number of nitrogens with one attached hydrogen (secondary N) is 2. The summed E-state index contributed by atoms with van der Waals surface area (Å²) in [6, 6.07) is 4.73. The summed E-state index contributed by atoms with van der Waals surface area (Å²) >= 11 is 13.3. The second-order valence-electron chi connectivity index (χ2n) is 4.55. The highest BCUT2D eigenvalue weighted by Gasteiger charge is 2.17. The Balaban J connectivity index is 2.06. The Labute approximate surface area is 137 Å². The molecule has 0 aliphatic rings. The van der Waals surface area contributed by atoms with Crippen LogP contribution < -0.4 is 10.6 Å². The predicted octanol–water partition coefficient (Wildman–Crippen LogP) is 4.59. The van der Waals surface area contributed by atoms with Gasteiger partial charge in [-0.25, -0.2) is 4.98 Å². The minimum absolute atomic E-state index is 0.136. The molecule has 2 aromatic rings. The number of carbonyl (C=O) groups excluding carboxylic acids is 1. The Morgan fingerprint density at radius 3 is 2.52 bits per heavy atom. The second kappa shape index (κ2) is 7.11. The average Bonchev–Trinajstić information content (AvgIpc) is 2.80. The molecule has 0 radical (unpaired) electrons. The minimum Gasteiger partial charge on any atom is -0.374 e. The number of benzene rings is 1. The summed E-state index contributed by atoms with van der Waals surface area (Å²) in [5, 5.41) is 9.47. The molecular formula is C14H15Cl2N3OS. The summed E-state index contributed by atoms with van der Waals surface area (Å²) in [5.41, 5.74) is 1.60. The zero-order chi connectivity index (χ0) is 15.4. The van der Waals surface area contributed by atoms with Crippen LogP contribution in [0.2, 0.25) is 10.0 Å². The van der Waals surface area contributed by atoms with E-state index in [9.17, 15) is 4.79 Å². The molecule has 0 fully saturated rings. The van der Waals surface area contributed by atoms with E-state index in [4.69, 9.17) is 23.2 Å². The van der Waals surface area contributed by atoms with Crippen LogP contribution >= 0.6 is 34.5 Å². The Morgan fingerprint density at radius 1 is 1.33 bits per heavy atom. The third kappa shape index (κ3) is 4.59. The first-order chi connectivity index (χ1) is 9.97. The number of hydrogen-bond donors (Lipinski definition) is 2. The summed E-state index contributed by atoms with van der Waals surface area (Å²) in [6.07, 6.45) is 0.625. The van der Waals surface area contributed by atoms with E-state index in [-0.39, 0.29) is 11.9 Å². The van der Waals surface area contributed by atoms with Crippen LogP contribution in [0.5, 0.6) is 0 Å². The van der Waals surface area contributed by atoms with Crippen molar-refractivity contribution in [3.8, 4) is 0 Å². The van der Waals surface area contributed by atoms with Gasteiger partial charge in [-0.2, -0.15) is 0 Å². The molecule has 7 heteroatoms. The molecule has 1 amide bonds. The maximum Gasteiger partial charge on any atom is 0.248 e. The van der Waals surface area contributed by atoms with Crippen molar-refractivity contribution in [2.45, 2.75) is 26.3 Å². The molecule has 2 N–H and O–H groups in total. The molecule has 1 heterocycles. The van der Waals surface area contributed by atoms with Gasteiger partial charge in [-0.1, -0.05) is 30.1 Å². The van der Waals surface area contributed by atoms with Gasteiger partial charge in [0.2, 0.25) is 5.91 Å². The van der Waals surface area contributed by atoms with Gasteiger partial charge in [0.25, 0.3) is 0 Å². The third-order valence-electron chi connectivity index (χ3n) is 2.78. The summed E-state index contributed by atoms with van der Waals surface area (Å²) in [4.78, 5) is 16.5. The zero-order valence-electron chi connectivity index (χ0n) is 11.6. The lowest BCUT2D eigenvalue weighted by Gasteiger charge is -2.17. The molecule has 1 atom stereocenters. The van der Waals surface area contributed by atoms with Gasteiger partial charge in [-0.05, 0) is 31.5 Å². The fraction of sp³-hybridized carbons (Fsp3) is 0.286. The summed E-state index contributed by atoms with van der Waals surface area (Å²) in [7, 11) is 0. The quantitative estimate of drug-likeness (QED) is 0.834. The molecule has 0 unspecified atom stereocenters. The van der Waals surface area contributed by atoms with E-state index in [2.05, 4.69) is 15.6 Å². The van der Waals surface area contributed by atoms with Crippen LogP contribution in [0.15, 0.2) is 23.6 Å². The van der Waals surface area contributed by atoms with Gasteiger partial charge in [0.15, 0.2) is 5.13 Å². The van der Waals surface area contributed by atoms with E-state index in [1.165, 1.54) is 11.3 Å². The van der Waals surface area contributed by atoms with E-state index in [1.807, 2.05) is 19.2 Å². The second-order valence-corrected chi connectivity index (χ2v) is 6.28. The van der Waals surface area contributed by atoms with Gasteiger partial charge in [-0.15, -0.1) is 11.3 Å². The number of halogens is 2. The first kappa shape index (κ1) is 16.1. The van der Waals surface area contributed by atoms with Crippen LogP contribution in [-0.4, -0.2) is 16.9 Å². The molecule has 0 bridgehead atoms. The molecule has 0 spiro atoms. The number of hydrogen-bond acceptors (Lipinski definition) is 4. The molecule has 0 aliphatic carbocycles. The number of rotatable bonds is 5. The standard InChI is InChI=1S/C14H15Cl2N3OS/c1-3-12(13(20)19-14-17-8(2)7-21-14)18-11-5-9(15)4-10(16)6-11/h4-7,12,18H,3H2,1-2H3,(H,17,19,20)/t12-/m0/s1. The van der Waals surface area contributed by atoms with Crippen LogP contribution in [0.4, 0.5) is 10.8 Å². The van der Waals surface area contributed by atoms with Gasteiger partial charge >= 0.3 is 0 Å². The van der Waals surface area contributed by atoms with E-state index >= 15 is 0 Å². The SMILES string of the molecule is CC[C@H](Nc1cc(Cl)cc(Cl)c1)C(=O)Nc1nc(C)cs1. The first-order valence-electron chi connectivity index (χ1n) is 6.43. The highest BCUT2D eigenvalue weighted by molar-refractivity contribution is 7.13. The van der Waals surface area contributed by atoms with Crippen LogP contribution in [0.25, 0.3) is 0 Å². The summed E-state index contributed by atoms with van der Waals surface area (Å²) < 4.78 is 0. The lowest BCUT2D eigenvalue weighted by molar-refractivity contribution is -0.116. The highest BCUT2D eigenvalue weighted by Crippen LogP contribution is 2.23. The number of thiazole rings is 1. The number of amides is 1. The normalized spacial score (nSPS) is 12.0. The Bertz CT molecular complexity index is 625. The van der Waals surface area contributed by atoms with Gasteiger partial charge in [0, 0.05) is 21.1 Å². The van der Waals surface area contributed by atoms with Crippen molar-refractivity contribution in [3.05, 3.63) is 39.3 Å². The van der Waals surface area contributed by atoms with Crippen LogP contribution in [0.1, 0.15) is 19.0 Å². The lowest BCUT2D eigenvalue weighted by atomic mass is 10.2. The van der Waals surface area contributed by atoms with Gasteiger partial charge < -0.3 is 10.6 Å². The fourth-order valence-corrected chi connectivity index (χ4v) is 3.01. The number of aromatic nitrogens is 1. The maximum absolute atomic E-state index is 12.3. The van der Waals surface area contributed by atoms with Crippen molar-refractivity contribution >= 4 is 51.3 Å². The average molecular weight is 344 g/mol. The van der Waals surface area contributed by atoms with Gasteiger partial charge in [0.05, 0.1) is 5.69 Å². The van der Waals surface area contributed by atoms with E-state index in [0.717, 1.165) is 5.69 Å². The number of aryl methyl sites for hydroxylation is 1. The third-order valence-corrected chi connectivity index (χ3v) is 4.09. The molecule has 1 aromatic carbocycles. The van der Waals surface area contributed by atoms with Crippen LogP contribution in [-0.2, 0) is 4.79 Å². The number of anilines is 2. The molecule has 0 saturated heterocycles. The van der Waals surface area contributed by atoms with Crippen molar-refractivity contribution in [2.24, 2.45) is 0 Å². The van der Waals surface area contributed by atoms with Crippen molar-refractivity contribution in [1.82, 2.24) is 4.98 Å². The van der Waals surface area contributed by atoms with E-state index in [1.54, 1.807) is 18.2 Å². The number of nitrogens with zero attached hydrogens (tertiary/aromatic N) is 1. The predicted molar refractivity (Wildman–Crippen MR) is 89.6 cm³/mol. The topological polar surface area (TPSA) is 54.0 Å². The van der Waals surface area contributed by atoms with E-state index in [0.29, 0.717) is 27.3 Å². The molecule has 0 saturated carbocycles. The molecule has 0 aliphatic heterocycles.